The maximum Gasteiger partial charge on any atom is 0.410 e. The molecule has 0 N–H and O–H groups in total. The van der Waals surface area contributed by atoms with Gasteiger partial charge >= 0.3 is 12.2 Å². The monoisotopic (exact) mass is 820 g/mol. The van der Waals surface area contributed by atoms with E-state index in [1.54, 1.807) is 123 Å². The van der Waals surface area contributed by atoms with Crippen molar-refractivity contribution in [3.63, 3.8) is 0 Å². The zero-order chi connectivity index (χ0) is 43.4. The first kappa shape index (κ1) is 40.9. The van der Waals surface area contributed by atoms with E-state index in [4.69, 9.17) is 9.47 Å². The first-order chi connectivity index (χ1) is 29.0. The standard InChI is InChI=1S/C49H48N4O8/c1-48(2,3)60-46(58)50(26-28-52-40-32-18-9-11-20-34(32)42(54)38(40)30-16-7-13-22-36(30)44(52)56)24-15-25-51(47(59)61-49(4,5)6)27-29-53-41-33-19-10-12-21-35(33)43(55)39(41)31-17-8-14-23-37(31)45(53)57/h7-14,16-23H,15,24-29H2,1-6H3. The zero-order valence-electron chi connectivity index (χ0n) is 35.2. The minimum atomic E-state index is -0.822. The lowest BCUT2D eigenvalue weighted by atomic mass is 10.0. The Morgan fingerprint density at radius 2 is 0.803 bits per heavy atom. The summed E-state index contributed by atoms with van der Waals surface area (Å²) in [6.07, 6.45) is -0.906. The predicted molar refractivity (Wildman–Crippen MR) is 234 cm³/mol. The Hall–Kier alpha value is -6.82. The summed E-state index contributed by atoms with van der Waals surface area (Å²) >= 11 is 0. The molecule has 6 aromatic rings. The van der Waals surface area contributed by atoms with Gasteiger partial charge in [0, 0.05) is 83.1 Å². The molecular formula is C49H48N4O8. The molecule has 2 aromatic heterocycles. The molecule has 12 heteroatoms. The third kappa shape index (κ3) is 7.62. The second-order valence-electron chi connectivity index (χ2n) is 17.5. The van der Waals surface area contributed by atoms with Crippen LogP contribution in [-0.2, 0) is 22.6 Å². The highest BCUT2D eigenvalue weighted by molar-refractivity contribution is 6.27. The van der Waals surface area contributed by atoms with Crippen molar-refractivity contribution in [1.29, 1.82) is 0 Å². The van der Waals surface area contributed by atoms with Gasteiger partial charge in [-0.1, -0.05) is 84.9 Å². The third-order valence-electron chi connectivity index (χ3n) is 11.0. The fourth-order valence-corrected chi connectivity index (χ4v) is 8.42. The van der Waals surface area contributed by atoms with Crippen LogP contribution in [0.4, 0.5) is 9.59 Å². The largest absolute Gasteiger partial charge is 0.444 e. The van der Waals surface area contributed by atoms with Crippen molar-refractivity contribution in [1.82, 2.24) is 18.9 Å². The molecule has 0 saturated carbocycles. The number of benzene rings is 4. The molecule has 2 aliphatic rings. The Bertz CT molecular complexity index is 2720. The average Bonchev–Trinajstić information content (AvgIpc) is 3.68. The summed E-state index contributed by atoms with van der Waals surface area (Å²) in [6.45, 7) is 11.2. The molecule has 4 aromatic carbocycles. The minimum absolute atomic E-state index is 0.0639. The van der Waals surface area contributed by atoms with E-state index in [9.17, 15) is 28.8 Å². The smallest absolute Gasteiger partial charge is 0.410 e. The van der Waals surface area contributed by atoms with Crippen LogP contribution in [0.1, 0.15) is 79.8 Å². The second-order valence-corrected chi connectivity index (χ2v) is 17.5. The Balaban J connectivity index is 1.08. The van der Waals surface area contributed by atoms with Crippen LogP contribution in [0, 0.1) is 0 Å². The average molecular weight is 821 g/mol. The second kappa shape index (κ2) is 15.7. The van der Waals surface area contributed by atoms with E-state index in [-0.39, 0.29) is 68.4 Å². The van der Waals surface area contributed by atoms with Crippen molar-refractivity contribution in [2.75, 3.05) is 26.2 Å². The number of pyridine rings is 2. The number of ether oxygens (including phenoxy) is 2. The zero-order valence-corrected chi connectivity index (χ0v) is 35.2. The molecule has 61 heavy (non-hydrogen) atoms. The molecule has 2 aliphatic carbocycles. The van der Waals surface area contributed by atoms with E-state index in [0.29, 0.717) is 66.3 Å². The summed E-state index contributed by atoms with van der Waals surface area (Å²) in [5, 5.41) is 1.97. The summed E-state index contributed by atoms with van der Waals surface area (Å²) in [5.74, 6) is -0.318. The van der Waals surface area contributed by atoms with Crippen LogP contribution in [0.2, 0.25) is 0 Å². The van der Waals surface area contributed by atoms with Crippen LogP contribution >= 0.6 is 0 Å². The number of nitrogens with zero attached hydrogens (tertiary/aromatic N) is 4. The molecule has 312 valence electrons. The van der Waals surface area contributed by atoms with Gasteiger partial charge in [0.1, 0.15) is 11.2 Å². The lowest BCUT2D eigenvalue weighted by Gasteiger charge is -2.30. The summed E-state index contributed by atoms with van der Waals surface area (Å²) in [7, 11) is 0. The van der Waals surface area contributed by atoms with Gasteiger partial charge in [-0.15, -0.1) is 0 Å². The van der Waals surface area contributed by atoms with Crippen LogP contribution < -0.4 is 11.1 Å². The van der Waals surface area contributed by atoms with Crippen LogP contribution in [0.3, 0.4) is 0 Å². The Morgan fingerprint density at radius 3 is 1.16 bits per heavy atom. The molecule has 2 heterocycles. The van der Waals surface area contributed by atoms with E-state index in [2.05, 4.69) is 0 Å². The van der Waals surface area contributed by atoms with Gasteiger partial charge in [0.15, 0.2) is 11.6 Å². The molecule has 0 saturated heterocycles. The summed E-state index contributed by atoms with van der Waals surface area (Å²) in [5.41, 5.74) is 2.09. The highest BCUT2D eigenvalue weighted by atomic mass is 16.6. The molecule has 12 nitrogen and oxygen atoms in total. The van der Waals surface area contributed by atoms with Crippen molar-refractivity contribution in [2.45, 2.75) is 72.3 Å². The van der Waals surface area contributed by atoms with Gasteiger partial charge in [0.2, 0.25) is 0 Å². The van der Waals surface area contributed by atoms with Crippen LogP contribution in [-0.4, -0.2) is 80.1 Å². The van der Waals surface area contributed by atoms with Crippen molar-refractivity contribution in [2.24, 2.45) is 0 Å². The number of rotatable bonds is 10. The van der Waals surface area contributed by atoms with E-state index in [1.165, 1.54) is 9.80 Å². The highest BCUT2D eigenvalue weighted by Crippen LogP contribution is 2.40. The summed E-state index contributed by atoms with van der Waals surface area (Å²) < 4.78 is 14.8. The summed E-state index contributed by atoms with van der Waals surface area (Å²) in [6, 6.07) is 28.6. The third-order valence-corrected chi connectivity index (χ3v) is 11.0. The molecule has 0 atom stereocenters. The van der Waals surface area contributed by atoms with Gasteiger partial charge in [0.25, 0.3) is 11.1 Å². The molecule has 0 bridgehead atoms. The van der Waals surface area contributed by atoms with E-state index in [1.807, 2.05) is 24.3 Å². The number of fused-ring (bicyclic) bond motifs is 10. The number of carbonyl (C=O) groups excluding carboxylic acids is 4. The van der Waals surface area contributed by atoms with Gasteiger partial charge in [-0.3, -0.25) is 19.2 Å². The highest BCUT2D eigenvalue weighted by Gasteiger charge is 2.35. The van der Waals surface area contributed by atoms with Gasteiger partial charge < -0.3 is 28.4 Å². The number of amides is 2. The molecule has 0 unspecified atom stereocenters. The van der Waals surface area contributed by atoms with Gasteiger partial charge in [-0.05, 0) is 60.1 Å². The van der Waals surface area contributed by atoms with Crippen LogP contribution in [0.15, 0.2) is 107 Å². The maximum absolute atomic E-state index is 14.2. The quantitative estimate of drug-likeness (QED) is 0.134. The summed E-state index contributed by atoms with van der Waals surface area (Å²) in [4.78, 5) is 86.6. The Morgan fingerprint density at radius 1 is 0.475 bits per heavy atom. The predicted octanol–water partition coefficient (Wildman–Crippen LogP) is 8.30. The van der Waals surface area contributed by atoms with E-state index >= 15 is 0 Å². The van der Waals surface area contributed by atoms with Gasteiger partial charge in [-0.2, -0.15) is 0 Å². The lowest BCUT2D eigenvalue weighted by Crippen LogP contribution is -2.43. The van der Waals surface area contributed by atoms with Crippen LogP contribution in [0.25, 0.3) is 44.1 Å². The molecule has 0 spiro atoms. The maximum atomic E-state index is 14.2. The van der Waals surface area contributed by atoms with E-state index in [0.717, 1.165) is 0 Å². The molecular weight excluding hydrogens is 773 g/mol. The van der Waals surface area contributed by atoms with Crippen molar-refractivity contribution in [3.8, 4) is 22.5 Å². The van der Waals surface area contributed by atoms with Gasteiger partial charge in [0.05, 0.1) is 22.5 Å². The van der Waals surface area contributed by atoms with Gasteiger partial charge in [-0.25, -0.2) is 9.59 Å². The number of ketones is 2. The first-order valence-electron chi connectivity index (χ1n) is 20.6. The first-order valence-corrected chi connectivity index (χ1v) is 20.6. The minimum Gasteiger partial charge on any atom is -0.444 e. The number of aromatic nitrogens is 2. The number of carbonyl (C=O) groups is 4. The molecule has 0 radical (unpaired) electrons. The number of hydrogen-bond acceptors (Lipinski definition) is 8. The molecule has 0 fully saturated rings. The molecule has 8 rings (SSSR count). The topological polar surface area (TPSA) is 137 Å². The normalized spacial score (nSPS) is 12.9. The van der Waals surface area contributed by atoms with Crippen LogP contribution in [0.5, 0.6) is 0 Å². The fraction of sp³-hybridized carbons (Fsp3) is 0.306. The fourth-order valence-electron chi connectivity index (χ4n) is 8.42. The van der Waals surface area contributed by atoms with Crippen molar-refractivity contribution in [3.05, 3.63) is 140 Å². The number of hydrogen-bond donors (Lipinski definition) is 0. The van der Waals surface area contributed by atoms with Crippen molar-refractivity contribution >= 4 is 45.3 Å². The SMILES string of the molecule is CC(C)(C)OC(=O)N(CCCN(CCn1c2c(c3ccccc3c1=O)C(=O)c1ccccc1-2)C(=O)OC(C)(C)C)CCn1c2c(c3ccccc3c1=O)C(=O)c1ccccc1-2. The van der Waals surface area contributed by atoms with Crippen molar-refractivity contribution < 1.29 is 28.7 Å². The molecule has 2 amide bonds. The Labute approximate surface area is 352 Å². The lowest BCUT2D eigenvalue weighted by molar-refractivity contribution is 0.0197. The van der Waals surface area contributed by atoms with E-state index < -0.39 is 23.4 Å². The Kier molecular flexibility index (Phi) is 10.5. The molecule has 0 aliphatic heterocycles.